The summed E-state index contributed by atoms with van der Waals surface area (Å²) in [6.07, 6.45) is 5.85. The van der Waals surface area contributed by atoms with E-state index in [9.17, 15) is 9.59 Å². The van der Waals surface area contributed by atoms with Crippen LogP contribution in [0.15, 0.2) is 18.3 Å². The Balaban J connectivity index is 2.70. The van der Waals surface area contributed by atoms with Crippen LogP contribution in [0.25, 0.3) is 6.08 Å². The third-order valence-electron chi connectivity index (χ3n) is 2.14. The van der Waals surface area contributed by atoms with Gasteiger partial charge in [0.05, 0.1) is 0 Å². The monoisotopic (exact) mass is 265 g/mol. The Labute approximate surface area is 110 Å². The van der Waals surface area contributed by atoms with Gasteiger partial charge in [-0.2, -0.15) is 0 Å². The second kappa shape index (κ2) is 6.96. The number of aromatic carboxylic acids is 1. The van der Waals surface area contributed by atoms with E-state index in [4.69, 9.17) is 5.11 Å². The predicted octanol–water partition coefficient (Wildman–Crippen LogP) is 2.77. The number of aromatic nitrogens is 1. The van der Waals surface area contributed by atoms with E-state index in [-0.39, 0.29) is 10.8 Å². The van der Waals surface area contributed by atoms with E-state index in [0.717, 1.165) is 12.0 Å². The topological polar surface area (TPSA) is 67.3 Å². The number of carboxylic acid groups (broad SMARTS) is 1. The molecule has 0 amide bonds. The maximum atomic E-state index is 11.0. The summed E-state index contributed by atoms with van der Waals surface area (Å²) in [5.74, 6) is -0.333. The highest BCUT2D eigenvalue weighted by Gasteiger charge is 2.09. The molecule has 0 aliphatic carbocycles. The molecule has 1 heterocycles. The zero-order valence-corrected chi connectivity index (χ0v) is 11.2. The predicted molar refractivity (Wildman–Crippen MR) is 72.7 cm³/mol. The number of carbonyl (C=O) groups excluding carboxylic acids is 1. The normalized spacial score (nSPS) is 10.8. The molecule has 1 rings (SSSR count). The molecule has 0 aliphatic heterocycles. The SMILES string of the molecule is CC(=O)SCCC=Cc1cc(C)cnc1C(=O)O. The van der Waals surface area contributed by atoms with E-state index in [1.54, 1.807) is 12.1 Å². The molecule has 1 aromatic heterocycles. The quantitative estimate of drug-likeness (QED) is 0.829. The van der Waals surface area contributed by atoms with Crippen LogP contribution >= 0.6 is 11.8 Å². The molecule has 0 saturated carbocycles. The third kappa shape index (κ3) is 4.71. The minimum Gasteiger partial charge on any atom is -0.476 e. The summed E-state index contributed by atoms with van der Waals surface area (Å²) in [6, 6.07) is 1.78. The van der Waals surface area contributed by atoms with Crippen LogP contribution in [0.3, 0.4) is 0 Å². The number of hydrogen-bond acceptors (Lipinski definition) is 4. The molecule has 0 aliphatic rings. The average molecular weight is 265 g/mol. The summed E-state index contributed by atoms with van der Waals surface area (Å²) in [5.41, 5.74) is 1.56. The van der Waals surface area contributed by atoms with Gasteiger partial charge in [0, 0.05) is 24.4 Å². The van der Waals surface area contributed by atoms with Crippen molar-refractivity contribution in [3.8, 4) is 0 Å². The van der Waals surface area contributed by atoms with Crippen LogP contribution in [0.1, 0.15) is 35.0 Å². The maximum absolute atomic E-state index is 11.0. The van der Waals surface area contributed by atoms with Gasteiger partial charge in [-0.15, -0.1) is 0 Å². The number of carboxylic acids is 1. The highest BCUT2D eigenvalue weighted by Crippen LogP contribution is 2.12. The lowest BCUT2D eigenvalue weighted by atomic mass is 10.1. The van der Waals surface area contributed by atoms with Gasteiger partial charge < -0.3 is 5.11 Å². The Hall–Kier alpha value is -1.62. The fourth-order valence-corrected chi connectivity index (χ4v) is 1.92. The van der Waals surface area contributed by atoms with E-state index in [1.165, 1.54) is 24.9 Å². The molecule has 0 atom stereocenters. The minimum atomic E-state index is -1.03. The van der Waals surface area contributed by atoms with E-state index >= 15 is 0 Å². The van der Waals surface area contributed by atoms with Crippen molar-refractivity contribution in [3.63, 3.8) is 0 Å². The second-order valence-electron chi connectivity index (χ2n) is 3.79. The van der Waals surface area contributed by atoms with Gasteiger partial charge >= 0.3 is 5.97 Å². The Morgan fingerprint density at radius 1 is 1.50 bits per heavy atom. The number of allylic oxidation sites excluding steroid dienone is 1. The van der Waals surface area contributed by atoms with Crippen molar-refractivity contribution in [2.75, 3.05) is 5.75 Å². The molecule has 0 bridgehead atoms. The van der Waals surface area contributed by atoms with Gasteiger partial charge in [-0.1, -0.05) is 23.9 Å². The molecule has 0 radical (unpaired) electrons. The first kappa shape index (κ1) is 14.4. The largest absolute Gasteiger partial charge is 0.476 e. The number of pyridine rings is 1. The van der Waals surface area contributed by atoms with Crippen molar-refractivity contribution in [2.45, 2.75) is 20.3 Å². The van der Waals surface area contributed by atoms with Crippen LogP contribution in [0.2, 0.25) is 0 Å². The number of carbonyl (C=O) groups is 2. The van der Waals surface area contributed by atoms with Gasteiger partial charge in [0.2, 0.25) is 0 Å². The summed E-state index contributed by atoms with van der Waals surface area (Å²) in [5, 5.41) is 9.08. The highest BCUT2D eigenvalue weighted by molar-refractivity contribution is 8.13. The van der Waals surface area contributed by atoms with Crippen LogP contribution in [0.4, 0.5) is 0 Å². The molecular formula is C13H15NO3S. The average Bonchev–Trinajstić information content (AvgIpc) is 2.27. The molecule has 0 spiro atoms. The molecular weight excluding hydrogens is 250 g/mol. The summed E-state index contributed by atoms with van der Waals surface area (Å²) in [7, 11) is 0. The van der Waals surface area contributed by atoms with Crippen LogP contribution in [-0.2, 0) is 4.79 Å². The molecule has 18 heavy (non-hydrogen) atoms. The summed E-state index contributed by atoms with van der Waals surface area (Å²) in [4.78, 5) is 25.6. The third-order valence-corrected chi connectivity index (χ3v) is 2.99. The highest BCUT2D eigenvalue weighted by atomic mass is 32.2. The van der Waals surface area contributed by atoms with E-state index < -0.39 is 5.97 Å². The lowest BCUT2D eigenvalue weighted by molar-refractivity contribution is -0.109. The van der Waals surface area contributed by atoms with Gasteiger partial charge in [-0.05, 0) is 25.0 Å². The van der Waals surface area contributed by atoms with Crippen LogP contribution < -0.4 is 0 Å². The standard InChI is InChI=1S/C13H15NO3S/c1-9-7-11(12(13(16)17)14-8-9)5-3-4-6-18-10(2)15/h3,5,7-8H,4,6H2,1-2H3,(H,16,17). The van der Waals surface area contributed by atoms with Crippen molar-refractivity contribution in [1.29, 1.82) is 0 Å². The first-order valence-electron chi connectivity index (χ1n) is 5.50. The molecule has 1 N–H and O–H groups in total. The maximum Gasteiger partial charge on any atom is 0.355 e. The van der Waals surface area contributed by atoms with Gasteiger partial charge in [-0.3, -0.25) is 4.79 Å². The molecule has 0 fully saturated rings. The van der Waals surface area contributed by atoms with Crippen molar-refractivity contribution in [3.05, 3.63) is 35.2 Å². The molecule has 5 heteroatoms. The van der Waals surface area contributed by atoms with E-state index in [0.29, 0.717) is 11.3 Å². The first-order chi connectivity index (χ1) is 8.50. The van der Waals surface area contributed by atoms with Crippen molar-refractivity contribution < 1.29 is 14.7 Å². The first-order valence-corrected chi connectivity index (χ1v) is 6.49. The van der Waals surface area contributed by atoms with E-state index in [1.807, 2.05) is 13.0 Å². The lowest BCUT2D eigenvalue weighted by Crippen LogP contribution is -2.03. The summed E-state index contributed by atoms with van der Waals surface area (Å²) < 4.78 is 0. The fraction of sp³-hybridized carbons (Fsp3) is 0.308. The van der Waals surface area contributed by atoms with Crippen molar-refractivity contribution >= 4 is 28.9 Å². The number of rotatable bonds is 5. The van der Waals surface area contributed by atoms with Crippen molar-refractivity contribution in [1.82, 2.24) is 4.98 Å². The molecule has 0 saturated heterocycles. The van der Waals surface area contributed by atoms with Gasteiger partial charge in [0.25, 0.3) is 0 Å². The molecule has 96 valence electrons. The zero-order chi connectivity index (χ0) is 13.5. The zero-order valence-electron chi connectivity index (χ0n) is 10.3. The smallest absolute Gasteiger partial charge is 0.355 e. The Morgan fingerprint density at radius 2 is 2.22 bits per heavy atom. The lowest BCUT2D eigenvalue weighted by Gasteiger charge is -2.01. The van der Waals surface area contributed by atoms with Gasteiger partial charge in [0.15, 0.2) is 10.8 Å². The molecule has 1 aromatic rings. The van der Waals surface area contributed by atoms with Crippen LogP contribution in [0.5, 0.6) is 0 Å². The fourth-order valence-electron chi connectivity index (χ4n) is 1.38. The number of thioether (sulfide) groups is 1. The van der Waals surface area contributed by atoms with Gasteiger partial charge in [-0.25, -0.2) is 9.78 Å². The van der Waals surface area contributed by atoms with Crippen molar-refractivity contribution in [2.24, 2.45) is 0 Å². The number of hydrogen-bond donors (Lipinski definition) is 1. The molecule has 0 aromatic carbocycles. The van der Waals surface area contributed by atoms with Gasteiger partial charge in [0.1, 0.15) is 0 Å². The van der Waals surface area contributed by atoms with E-state index in [2.05, 4.69) is 4.98 Å². The molecule has 0 unspecified atom stereocenters. The number of aryl methyl sites for hydroxylation is 1. The Morgan fingerprint density at radius 3 is 2.83 bits per heavy atom. The second-order valence-corrected chi connectivity index (χ2v) is 5.06. The molecule has 4 nitrogen and oxygen atoms in total. The summed E-state index contributed by atoms with van der Waals surface area (Å²) >= 11 is 1.26. The van der Waals surface area contributed by atoms with Crippen LogP contribution in [-0.4, -0.2) is 26.9 Å². The Bertz CT molecular complexity index is 483. The number of nitrogens with zero attached hydrogens (tertiary/aromatic N) is 1. The Kier molecular flexibility index (Phi) is 5.58. The van der Waals surface area contributed by atoms with Crippen LogP contribution in [0, 0.1) is 6.92 Å². The minimum absolute atomic E-state index is 0.0519. The summed E-state index contributed by atoms with van der Waals surface area (Å²) in [6.45, 7) is 3.39.